The summed E-state index contributed by atoms with van der Waals surface area (Å²) in [5.74, 6) is -0.0666. The number of carbonyl (C=O) groups excluding carboxylic acids is 2. The van der Waals surface area contributed by atoms with Crippen molar-refractivity contribution in [1.82, 2.24) is 5.32 Å². The number of esters is 1. The maximum absolute atomic E-state index is 11.6. The molecule has 0 radical (unpaired) electrons. The smallest absolute Gasteiger partial charge is 0.407 e. The molecule has 0 unspecified atom stereocenters. The Morgan fingerprint density at radius 2 is 1.79 bits per heavy atom. The summed E-state index contributed by atoms with van der Waals surface area (Å²) < 4.78 is 15.5. The van der Waals surface area contributed by atoms with Crippen LogP contribution in [-0.4, -0.2) is 30.8 Å². The van der Waals surface area contributed by atoms with E-state index < -0.39 is 12.1 Å². The summed E-state index contributed by atoms with van der Waals surface area (Å²) >= 11 is 0. The number of carbonyl (C=O) groups is 2. The number of ether oxygens (including phenoxy) is 3. The minimum atomic E-state index is -0.577. The number of amides is 1. The topological polar surface area (TPSA) is 73.9 Å². The standard InChI is InChI=1S/C18H25NO5/c1-14(24-18(2,3)4)12-22-16(20)10-11-19-17(21)23-13-15-8-6-5-7-9-15/h5-9H,1,10-13H2,2-4H3,(H,19,21). The normalized spacial score (nSPS) is 10.6. The maximum atomic E-state index is 11.6. The van der Waals surface area contributed by atoms with Gasteiger partial charge in [-0.2, -0.15) is 0 Å². The number of benzene rings is 1. The Hall–Kier alpha value is -2.50. The van der Waals surface area contributed by atoms with E-state index in [0.717, 1.165) is 5.56 Å². The molecule has 0 aliphatic rings. The van der Waals surface area contributed by atoms with E-state index in [1.54, 1.807) is 0 Å². The fourth-order valence-electron chi connectivity index (χ4n) is 1.74. The average Bonchev–Trinajstić information content (AvgIpc) is 2.50. The molecule has 0 spiro atoms. The lowest BCUT2D eigenvalue weighted by Crippen LogP contribution is -2.27. The molecule has 0 saturated heterocycles. The van der Waals surface area contributed by atoms with Crippen molar-refractivity contribution in [3.63, 3.8) is 0 Å². The van der Waals surface area contributed by atoms with Gasteiger partial charge in [0.1, 0.15) is 24.6 Å². The van der Waals surface area contributed by atoms with Crippen LogP contribution < -0.4 is 5.32 Å². The molecular formula is C18H25NO5. The first-order valence-electron chi connectivity index (χ1n) is 7.73. The summed E-state index contributed by atoms with van der Waals surface area (Å²) in [6, 6.07) is 9.33. The van der Waals surface area contributed by atoms with Crippen molar-refractivity contribution in [2.45, 2.75) is 39.4 Å². The highest BCUT2D eigenvalue weighted by Crippen LogP contribution is 2.12. The van der Waals surface area contributed by atoms with Gasteiger partial charge in [-0.25, -0.2) is 4.79 Å². The molecule has 1 amide bonds. The highest BCUT2D eigenvalue weighted by atomic mass is 16.6. The van der Waals surface area contributed by atoms with Gasteiger partial charge in [0.05, 0.1) is 6.42 Å². The summed E-state index contributed by atoms with van der Waals surface area (Å²) in [7, 11) is 0. The number of rotatable bonds is 8. The molecule has 0 bridgehead atoms. The minimum Gasteiger partial charge on any atom is -0.489 e. The van der Waals surface area contributed by atoms with E-state index in [0.29, 0.717) is 5.76 Å². The van der Waals surface area contributed by atoms with Crippen LogP contribution >= 0.6 is 0 Å². The Labute approximate surface area is 142 Å². The molecule has 1 N–H and O–H groups in total. The van der Waals surface area contributed by atoms with E-state index >= 15 is 0 Å². The van der Waals surface area contributed by atoms with Gasteiger partial charge >= 0.3 is 12.1 Å². The van der Waals surface area contributed by atoms with Crippen molar-refractivity contribution in [3.8, 4) is 0 Å². The third-order valence-electron chi connectivity index (χ3n) is 2.66. The molecule has 24 heavy (non-hydrogen) atoms. The van der Waals surface area contributed by atoms with Crippen LogP contribution in [0.25, 0.3) is 0 Å². The molecule has 6 heteroatoms. The Morgan fingerprint density at radius 3 is 2.42 bits per heavy atom. The van der Waals surface area contributed by atoms with Crippen LogP contribution in [0, 0.1) is 0 Å². The molecule has 1 aromatic rings. The molecule has 0 aliphatic heterocycles. The fourth-order valence-corrected chi connectivity index (χ4v) is 1.74. The minimum absolute atomic E-state index is 0.00540. The summed E-state index contributed by atoms with van der Waals surface area (Å²) in [6.07, 6.45) is -0.532. The molecule has 132 valence electrons. The lowest BCUT2D eigenvalue weighted by molar-refractivity contribution is -0.144. The monoisotopic (exact) mass is 335 g/mol. The van der Waals surface area contributed by atoms with Gasteiger partial charge in [-0.1, -0.05) is 36.9 Å². The molecule has 0 atom stereocenters. The van der Waals surface area contributed by atoms with Gasteiger partial charge in [0.25, 0.3) is 0 Å². The predicted molar refractivity (Wildman–Crippen MR) is 90.2 cm³/mol. The second kappa shape index (κ2) is 9.60. The zero-order chi connectivity index (χ0) is 18.0. The average molecular weight is 335 g/mol. The van der Waals surface area contributed by atoms with Crippen LogP contribution in [0.5, 0.6) is 0 Å². The maximum Gasteiger partial charge on any atom is 0.407 e. The van der Waals surface area contributed by atoms with Crippen LogP contribution in [-0.2, 0) is 25.6 Å². The van der Waals surface area contributed by atoms with E-state index in [2.05, 4.69) is 11.9 Å². The van der Waals surface area contributed by atoms with Crippen molar-refractivity contribution in [2.75, 3.05) is 13.2 Å². The molecule has 0 aromatic heterocycles. The van der Waals surface area contributed by atoms with Gasteiger partial charge in [-0.3, -0.25) is 4.79 Å². The Morgan fingerprint density at radius 1 is 1.12 bits per heavy atom. The van der Waals surface area contributed by atoms with Crippen molar-refractivity contribution in [2.24, 2.45) is 0 Å². The lowest BCUT2D eigenvalue weighted by atomic mass is 10.2. The zero-order valence-electron chi connectivity index (χ0n) is 14.5. The van der Waals surface area contributed by atoms with Crippen LogP contribution in [0.4, 0.5) is 4.79 Å². The molecule has 6 nitrogen and oxygen atoms in total. The van der Waals surface area contributed by atoms with E-state index in [4.69, 9.17) is 14.2 Å². The van der Waals surface area contributed by atoms with Gasteiger partial charge < -0.3 is 19.5 Å². The summed E-state index contributed by atoms with van der Waals surface area (Å²) in [4.78, 5) is 23.1. The van der Waals surface area contributed by atoms with E-state index in [1.165, 1.54) is 0 Å². The Balaban J connectivity index is 2.12. The molecule has 0 saturated carbocycles. The highest BCUT2D eigenvalue weighted by Gasteiger charge is 2.13. The Bertz CT molecular complexity index is 548. The van der Waals surface area contributed by atoms with Crippen molar-refractivity contribution < 1.29 is 23.8 Å². The van der Waals surface area contributed by atoms with Crippen LogP contribution in [0.1, 0.15) is 32.8 Å². The van der Waals surface area contributed by atoms with Gasteiger partial charge in [-0.15, -0.1) is 0 Å². The van der Waals surface area contributed by atoms with Crippen LogP contribution in [0.3, 0.4) is 0 Å². The third-order valence-corrected chi connectivity index (χ3v) is 2.66. The zero-order valence-corrected chi connectivity index (χ0v) is 14.5. The van der Waals surface area contributed by atoms with E-state index in [9.17, 15) is 9.59 Å². The first-order chi connectivity index (χ1) is 11.3. The van der Waals surface area contributed by atoms with E-state index in [1.807, 2.05) is 51.1 Å². The fraction of sp³-hybridized carbons (Fsp3) is 0.444. The van der Waals surface area contributed by atoms with Gasteiger partial charge in [0, 0.05) is 6.54 Å². The van der Waals surface area contributed by atoms with Gasteiger partial charge in [0.2, 0.25) is 0 Å². The lowest BCUT2D eigenvalue weighted by Gasteiger charge is -2.22. The van der Waals surface area contributed by atoms with Gasteiger partial charge in [-0.05, 0) is 26.3 Å². The largest absolute Gasteiger partial charge is 0.489 e. The van der Waals surface area contributed by atoms with Crippen molar-refractivity contribution in [1.29, 1.82) is 0 Å². The van der Waals surface area contributed by atoms with Crippen LogP contribution in [0.15, 0.2) is 42.7 Å². The number of hydrogen-bond acceptors (Lipinski definition) is 5. The summed E-state index contributed by atoms with van der Waals surface area (Å²) in [5, 5.41) is 2.49. The quantitative estimate of drug-likeness (QED) is 0.583. The molecular weight excluding hydrogens is 310 g/mol. The molecule has 0 fully saturated rings. The highest BCUT2D eigenvalue weighted by molar-refractivity contribution is 5.71. The molecule has 0 heterocycles. The predicted octanol–water partition coefficient (Wildman–Crippen LogP) is 3.17. The van der Waals surface area contributed by atoms with Gasteiger partial charge in [0.15, 0.2) is 0 Å². The second-order valence-electron chi connectivity index (χ2n) is 6.15. The first-order valence-corrected chi connectivity index (χ1v) is 7.73. The van der Waals surface area contributed by atoms with Crippen LogP contribution in [0.2, 0.25) is 0 Å². The van der Waals surface area contributed by atoms with Crippen molar-refractivity contribution >= 4 is 12.1 Å². The summed E-state index contributed by atoms with van der Waals surface area (Å²) in [5.41, 5.74) is 0.512. The number of nitrogens with one attached hydrogen (secondary N) is 1. The van der Waals surface area contributed by atoms with E-state index in [-0.39, 0.29) is 31.8 Å². The molecule has 0 aliphatic carbocycles. The second-order valence-corrected chi connectivity index (χ2v) is 6.15. The number of alkyl carbamates (subject to hydrolysis) is 1. The summed E-state index contributed by atoms with van der Waals surface area (Å²) in [6.45, 7) is 9.64. The van der Waals surface area contributed by atoms with Crippen molar-refractivity contribution in [3.05, 3.63) is 48.2 Å². The first kappa shape index (κ1) is 19.5. The molecule has 1 aromatic carbocycles. The molecule has 1 rings (SSSR count). The Kier molecular flexibility index (Phi) is 7.82. The number of hydrogen-bond donors (Lipinski definition) is 1. The third kappa shape index (κ3) is 9.50. The SMILES string of the molecule is C=C(COC(=O)CCNC(=O)OCc1ccccc1)OC(C)(C)C.